The number of methoxy groups -OCH3 is 2. The van der Waals surface area contributed by atoms with Crippen molar-refractivity contribution in [1.82, 2.24) is 0 Å². The summed E-state index contributed by atoms with van der Waals surface area (Å²) in [5.41, 5.74) is 2.83. The number of anilines is 2. The molecule has 1 heterocycles. The third-order valence-corrected chi connectivity index (χ3v) is 8.87. The van der Waals surface area contributed by atoms with E-state index in [1.807, 2.05) is 37.3 Å². The Labute approximate surface area is 229 Å². The van der Waals surface area contributed by atoms with E-state index >= 15 is 0 Å². The Balaban J connectivity index is 1.36. The predicted molar refractivity (Wildman–Crippen MR) is 151 cm³/mol. The molecule has 1 saturated heterocycles. The standard InChI is InChI=1S/C30H34N2O6S/c1-20-11-13-23(17-27(20)31-39(34,35)26-10-6-9-25(18-26)36-2)32-19-22(16-30(32)33)21-12-14-28(37-3)29(15-21)38-24-7-4-5-8-24/h6,9-15,17-18,22,24,31H,4-5,7-8,16,19H2,1-3H3. The molecule has 3 aromatic rings. The lowest BCUT2D eigenvalue weighted by Gasteiger charge is -2.20. The first-order chi connectivity index (χ1) is 18.8. The molecule has 5 rings (SSSR count). The predicted octanol–water partition coefficient (Wildman–Crippen LogP) is 5.65. The molecule has 8 nitrogen and oxygen atoms in total. The molecule has 0 aromatic heterocycles. The van der Waals surface area contributed by atoms with Crippen LogP contribution < -0.4 is 23.8 Å². The molecule has 0 bridgehead atoms. The van der Waals surface area contributed by atoms with Gasteiger partial charge in [0.15, 0.2) is 11.5 Å². The number of hydrogen-bond donors (Lipinski definition) is 1. The number of nitrogens with one attached hydrogen (secondary N) is 1. The number of amides is 1. The second kappa shape index (κ2) is 11.2. The lowest BCUT2D eigenvalue weighted by molar-refractivity contribution is -0.117. The highest BCUT2D eigenvalue weighted by molar-refractivity contribution is 7.92. The third-order valence-electron chi connectivity index (χ3n) is 7.51. The first-order valence-corrected chi connectivity index (χ1v) is 14.7. The zero-order valence-electron chi connectivity index (χ0n) is 22.5. The van der Waals surface area contributed by atoms with E-state index < -0.39 is 10.0 Å². The molecular weight excluding hydrogens is 516 g/mol. The zero-order valence-corrected chi connectivity index (χ0v) is 23.3. The van der Waals surface area contributed by atoms with Crippen molar-refractivity contribution in [2.75, 3.05) is 30.4 Å². The Hall–Kier alpha value is -3.72. The van der Waals surface area contributed by atoms with Crippen molar-refractivity contribution in [3.63, 3.8) is 0 Å². The number of carbonyl (C=O) groups is 1. The molecule has 9 heteroatoms. The average Bonchev–Trinajstić information content (AvgIpc) is 3.59. The van der Waals surface area contributed by atoms with Crippen LogP contribution in [0.25, 0.3) is 0 Å². The summed E-state index contributed by atoms with van der Waals surface area (Å²) in [5.74, 6) is 1.83. The normalized spacial score (nSPS) is 17.9. The van der Waals surface area contributed by atoms with Crippen molar-refractivity contribution in [2.24, 2.45) is 0 Å². The van der Waals surface area contributed by atoms with Gasteiger partial charge in [-0.2, -0.15) is 0 Å². The van der Waals surface area contributed by atoms with E-state index in [4.69, 9.17) is 14.2 Å². The fraction of sp³-hybridized carbons (Fsp3) is 0.367. The van der Waals surface area contributed by atoms with Gasteiger partial charge in [-0.05, 0) is 80.1 Å². The lowest BCUT2D eigenvalue weighted by Crippen LogP contribution is -2.24. The van der Waals surface area contributed by atoms with Gasteiger partial charge in [-0.15, -0.1) is 0 Å². The summed E-state index contributed by atoms with van der Waals surface area (Å²) in [6.45, 7) is 2.31. The van der Waals surface area contributed by atoms with Gasteiger partial charge in [-0.1, -0.05) is 18.2 Å². The Morgan fingerprint density at radius 1 is 0.923 bits per heavy atom. The van der Waals surface area contributed by atoms with Gasteiger partial charge in [0.25, 0.3) is 10.0 Å². The average molecular weight is 551 g/mol. The van der Waals surface area contributed by atoms with Crippen molar-refractivity contribution in [1.29, 1.82) is 0 Å². The molecule has 39 heavy (non-hydrogen) atoms. The highest BCUT2D eigenvalue weighted by Crippen LogP contribution is 2.39. The fourth-order valence-electron chi connectivity index (χ4n) is 5.27. The molecule has 1 aliphatic heterocycles. The van der Waals surface area contributed by atoms with Gasteiger partial charge >= 0.3 is 0 Å². The van der Waals surface area contributed by atoms with E-state index in [0.29, 0.717) is 35.8 Å². The van der Waals surface area contributed by atoms with Gasteiger partial charge in [0, 0.05) is 30.6 Å². The van der Waals surface area contributed by atoms with E-state index in [-0.39, 0.29) is 22.8 Å². The largest absolute Gasteiger partial charge is 0.497 e. The minimum Gasteiger partial charge on any atom is -0.497 e. The first-order valence-electron chi connectivity index (χ1n) is 13.2. The van der Waals surface area contributed by atoms with Crippen molar-refractivity contribution in [3.05, 3.63) is 71.8 Å². The smallest absolute Gasteiger partial charge is 0.262 e. The van der Waals surface area contributed by atoms with Crippen LogP contribution in [0.15, 0.2) is 65.6 Å². The van der Waals surface area contributed by atoms with Crippen LogP contribution >= 0.6 is 0 Å². The molecule has 1 saturated carbocycles. The molecule has 0 radical (unpaired) electrons. The van der Waals surface area contributed by atoms with Crippen LogP contribution in [0, 0.1) is 6.92 Å². The number of ether oxygens (including phenoxy) is 3. The Morgan fingerprint density at radius 2 is 1.72 bits per heavy atom. The van der Waals surface area contributed by atoms with Crippen molar-refractivity contribution in [2.45, 2.75) is 55.9 Å². The molecule has 1 amide bonds. The maximum absolute atomic E-state index is 13.1. The van der Waals surface area contributed by atoms with Gasteiger partial charge in [0.05, 0.1) is 30.9 Å². The van der Waals surface area contributed by atoms with E-state index in [2.05, 4.69) is 4.72 Å². The monoisotopic (exact) mass is 550 g/mol. The summed E-state index contributed by atoms with van der Waals surface area (Å²) in [5, 5.41) is 0. The second-order valence-electron chi connectivity index (χ2n) is 10.1. The number of rotatable bonds is 9. The molecule has 2 fully saturated rings. The topological polar surface area (TPSA) is 94.2 Å². The molecule has 1 atom stereocenters. The summed E-state index contributed by atoms with van der Waals surface area (Å²) in [6, 6.07) is 17.6. The van der Waals surface area contributed by atoms with Gasteiger partial charge in [0.2, 0.25) is 5.91 Å². The number of aryl methyl sites for hydroxylation is 1. The Morgan fingerprint density at radius 3 is 2.46 bits per heavy atom. The number of hydrogen-bond acceptors (Lipinski definition) is 6. The molecule has 0 spiro atoms. The maximum Gasteiger partial charge on any atom is 0.262 e. The number of benzene rings is 3. The maximum atomic E-state index is 13.1. The van der Waals surface area contributed by atoms with Crippen LogP contribution in [0.1, 0.15) is 49.1 Å². The van der Waals surface area contributed by atoms with Crippen molar-refractivity contribution >= 4 is 27.3 Å². The highest BCUT2D eigenvalue weighted by atomic mass is 32.2. The van der Waals surface area contributed by atoms with E-state index in [9.17, 15) is 13.2 Å². The van der Waals surface area contributed by atoms with Crippen LogP contribution in [0.2, 0.25) is 0 Å². The minimum atomic E-state index is -3.86. The molecular formula is C30H34N2O6S. The van der Waals surface area contributed by atoms with Gasteiger partial charge < -0.3 is 19.1 Å². The van der Waals surface area contributed by atoms with Gasteiger partial charge in [-0.3, -0.25) is 9.52 Å². The molecule has 1 unspecified atom stereocenters. The number of nitrogens with zero attached hydrogens (tertiary/aromatic N) is 1. The molecule has 1 N–H and O–H groups in total. The van der Waals surface area contributed by atoms with Crippen LogP contribution in [-0.4, -0.2) is 41.2 Å². The van der Waals surface area contributed by atoms with E-state index in [0.717, 1.165) is 29.7 Å². The van der Waals surface area contributed by atoms with Gasteiger partial charge in [-0.25, -0.2) is 8.42 Å². The summed E-state index contributed by atoms with van der Waals surface area (Å²) < 4.78 is 45.8. The Kier molecular flexibility index (Phi) is 7.70. The molecule has 2 aliphatic rings. The first kappa shape index (κ1) is 26.9. The Bertz CT molecular complexity index is 1470. The minimum absolute atomic E-state index is 0.0143. The molecule has 3 aromatic carbocycles. The molecule has 1 aliphatic carbocycles. The summed E-state index contributed by atoms with van der Waals surface area (Å²) in [4.78, 5) is 14.9. The quantitative estimate of drug-likeness (QED) is 0.370. The van der Waals surface area contributed by atoms with Crippen molar-refractivity contribution < 1.29 is 27.4 Å². The number of sulfonamides is 1. The molecule has 206 valence electrons. The van der Waals surface area contributed by atoms with Gasteiger partial charge in [0.1, 0.15) is 5.75 Å². The number of carbonyl (C=O) groups excluding carboxylic acids is 1. The second-order valence-corrected chi connectivity index (χ2v) is 11.8. The van der Waals surface area contributed by atoms with Crippen LogP contribution in [-0.2, 0) is 14.8 Å². The van der Waals surface area contributed by atoms with Crippen LogP contribution in [0.4, 0.5) is 11.4 Å². The van der Waals surface area contributed by atoms with Crippen molar-refractivity contribution in [3.8, 4) is 17.2 Å². The van der Waals surface area contributed by atoms with E-state index in [1.54, 1.807) is 30.2 Å². The van der Waals surface area contributed by atoms with E-state index in [1.165, 1.54) is 32.1 Å². The summed E-state index contributed by atoms with van der Waals surface area (Å²) in [7, 11) is -0.734. The summed E-state index contributed by atoms with van der Waals surface area (Å²) >= 11 is 0. The third kappa shape index (κ3) is 5.83. The van der Waals surface area contributed by atoms with Crippen LogP contribution in [0.3, 0.4) is 0 Å². The summed E-state index contributed by atoms with van der Waals surface area (Å²) in [6.07, 6.45) is 4.98. The zero-order chi connectivity index (χ0) is 27.6. The van der Waals surface area contributed by atoms with Crippen LogP contribution in [0.5, 0.6) is 17.2 Å². The highest BCUT2D eigenvalue weighted by Gasteiger charge is 2.33. The SMILES string of the molecule is COc1cccc(S(=O)(=O)Nc2cc(N3CC(c4ccc(OC)c(OC5CCCC5)c4)CC3=O)ccc2C)c1. The lowest BCUT2D eigenvalue weighted by atomic mass is 9.98. The fourth-order valence-corrected chi connectivity index (χ4v) is 6.42.